The van der Waals surface area contributed by atoms with Gasteiger partial charge in [-0.05, 0) is 38.1 Å². The summed E-state index contributed by atoms with van der Waals surface area (Å²) in [7, 11) is -3.36. The first-order chi connectivity index (χ1) is 9.73. The molecule has 0 saturated heterocycles. The van der Waals surface area contributed by atoms with E-state index in [9.17, 15) is 18.0 Å². The summed E-state index contributed by atoms with van der Waals surface area (Å²) < 4.78 is 29.4. The highest BCUT2D eigenvalue weighted by atomic mass is 32.2. The van der Waals surface area contributed by atoms with E-state index < -0.39 is 22.1 Å². The summed E-state index contributed by atoms with van der Waals surface area (Å²) in [4.78, 5) is 23.3. The Balaban J connectivity index is 2.77. The van der Waals surface area contributed by atoms with Crippen LogP contribution in [0.15, 0.2) is 36.4 Å². The van der Waals surface area contributed by atoms with Crippen molar-refractivity contribution in [2.75, 3.05) is 11.0 Å². The Hall–Kier alpha value is -2.15. The lowest BCUT2D eigenvalue weighted by Gasteiger charge is -2.11. The highest BCUT2D eigenvalue weighted by Crippen LogP contribution is 2.13. The number of nitrogens with one attached hydrogen (secondary N) is 1. The monoisotopic (exact) mass is 311 g/mol. The molecular formula is C14H17NO5S. The van der Waals surface area contributed by atoms with E-state index in [1.54, 1.807) is 6.92 Å². The number of carbonyl (C=O) groups excluding carboxylic acids is 2. The first-order valence-corrected chi connectivity index (χ1v) is 8.07. The van der Waals surface area contributed by atoms with Gasteiger partial charge in [-0.25, -0.2) is 13.2 Å². The Morgan fingerprint density at radius 1 is 1.24 bits per heavy atom. The van der Waals surface area contributed by atoms with Crippen LogP contribution in [-0.2, 0) is 19.6 Å². The molecule has 0 saturated carbocycles. The molecule has 0 aliphatic heterocycles. The number of benzene rings is 1. The van der Waals surface area contributed by atoms with Crippen LogP contribution in [0.25, 0.3) is 0 Å². The van der Waals surface area contributed by atoms with Crippen molar-refractivity contribution in [1.29, 1.82) is 0 Å². The summed E-state index contributed by atoms with van der Waals surface area (Å²) in [6, 6.07) is 5.87. The smallest absolute Gasteiger partial charge is 0.331 e. The Morgan fingerprint density at radius 2 is 1.81 bits per heavy atom. The summed E-state index contributed by atoms with van der Waals surface area (Å²) in [5.41, 5.74) is 0.683. The molecule has 1 rings (SSSR count). The number of ketones is 1. The predicted octanol–water partition coefficient (Wildman–Crippen LogP) is 1.75. The van der Waals surface area contributed by atoms with Gasteiger partial charge in [-0.15, -0.1) is 0 Å². The molecule has 1 N–H and O–H groups in total. The van der Waals surface area contributed by atoms with Gasteiger partial charge in [0.15, 0.2) is 6.10 Å². The third-order valence-electron chi connectivity index (χ3n) is 2.44. The molecule has 0 radical (unpaired) electrons. The summed E-state index contributed by atoms with van der Waals surface area (Å²) in [5, 5.41) is 0. The van der Waals surface area contributed by atoms with Gasteiger partial charge in [0.1, 0.15) is 0 Å². The van der Waals surface area contributed by atoms with Crippen LogP contribution in [0.3, 0.4) is 0 Å². The Kier molecular flexibility index (Phi) is 5.66. The number of Topliss-reactive ketones (excluding diaryl/α,β-unsaturated/α-hetero) is 1. The predicted molar refractivity (Wildman–Crippen MR) is 79.6 cm³/mol. The van der Waals surface area contributed by atoms with Crippen LogP contribution >= 0.6 is 0 Å². The van der Waals surface area contributed by atoms with Crippen molar-refractivity contribution in [1.82, 2.24) is 0 Å². The fraction of sp³-hybridized carbons (Fsp3) is 0.286. The van der Waals surface area contributed by atoms with Crippen molar-refractivity contribution in [3.63, 3.8) is 0 Å². The molecule has 21 heavy (non-hydrogen) atoms. The summed E-state index contributed by atoms with van der Waals surface area (Å²) in [5.74, 6) is -0.951. The number of esters is 1. The number of allylic oxidation sites excluding steroid dienone is 1. The molecule has 0 fully saturated rings. The van der Waals surface area contributed by atoms with E-state index in [4.69, 9.17) is 4.74 Å². The average Bonchev–Trinajstić information content (AvgIpc) is 2.37. The number of carbonyl (C=O) groups is 2. The highest BCUT2D eigenvalue weighted by Gasteiger charge is 2.18. The number of hydrogen-bond acceptors (Lipinski definition) is 5. The molecule has 1 aromatic carbocycles. The number of ether oxygens (including phenoxy) is 1. The van der Waals surface area contributed by atoms with Gasteiger partial charge in [-0.1, -0.05) is 6.08 Å². The standard InChI is InChI=1S/C14H17NO5S/c1-4-5-13(16)20-10(2)14(17)11-6-8-12(9-7-11)15-21(3,18)19/h4-10,15H,1-3H3/b5-4+/t10-/m0/s1. The fourth-order valence-electron chi connectivity index (χ4n) is 1.55. The lowest BCUT2D eigenvalue weighted by Crippen LogP contribution is -2.23. The van der Waals surface area contributed by atoms with E-state index in [1.165, 1.54) is 43.3 Å². The van der Waals surface area contributed by atoms with Crippen LogP contribution in [-0.4, -0.2) is 32.5 Å². The van der Waals surface area contributed by atoms with Gasteiger partial charge in [-0.2, -0.15) is 0 Å². The SMILES string of the molecule is C/C=C/C(=O)O[C@@H](C)C(=O)c1ccc(NS(C)(=O)=O)cc1. The van der Waals surface area contributed by atoms with Gasteiger partial charge in [-0.3, -0.25) is 9.52 Å². The molecule has 0 amide bonds. The maximum atomic E-state index is 12.0. The minimum Gasteiger partial charge on any atom is -0.451 e. The highest BCUT2D eigenvalue weighted by molar-refractivity contribution is 7.92. The largest absolute Gasteiger partial charge is 0.451 e. The zero-order valence-corrected chi connectivity index (χ0v) is 12.8. The Morgan fingerprint density at radius 3 is 2.29 bits per heavy atom. The molecule has 0 aliphatic rings. The van der Waals surface area contributed by atoms with Gasteiger partial charge in [0, 0.05) is 17.3 Å². The Labute approximate surface area is 123 Å². The third-order valence-corrected chi connectivity index (χ3v) is 3.04. The molecule has 0 aromatic heterocycles. The van der Waals surface area contributed by atoms with Crippen LogP contribution in [0, 0.1) is 0 Å². The van der Waals surface area contributed by atoms with E-state index in [0.29, 0.717) is 11.3 Å². The second-order valence-corrected chi connectivity index (χ2v) is 6.14. The molecule has 0 spiro atoms. The second kappa shape index (κ2) is 7.03. The maximum Gasteiger partial charge on any atom is 0.331 e. The molecule has 7 heteroatoms. The van der Waals surface area contributed by atoms with Crippen LogP contribution in [0.2, 0.25) is 0 Å². The van der Waals surface area contributed by atoms with Crippen molar-refractivity contribution in [3.05, 3.63) is 42.0 Å². The fourth-order valence-corrected chi connectivity index (χ4v) is 2.12. The molecule has 0 unspecified atom stereocenters. The topological polar surface area (TPSA) is 89.5 Å². The zero-order valence-electron chi connectivity index (χ0n) is 12.0. The quantitative estimate of drug-likeness (QED) is 0.491. The van der Waals surface area contributed by atoms with Crippen LogP contribution < -0.4 is 4.72 Å². The first-order valence-electron chi connectivity index (χ1n) is 6.18. The molecule has 0 bridgehead atoms. The second-order valence-electron chi connectivity index (χ2n) is 4.39. The lowest BCUT2D eigenvalue weighted by atomic mass is 10.1. The van der Waals surface area contributed by atoms with Gasteiger partial charge in [0.2, 0.25) is 15.8 Å². The summed E-state index contributed by atoms with van der Waals surface area (Å²) in [6.45, 7) is 3.15. The van der Waals surface area contributed by atoms with Crippen molar-refractivity contribution >= 4 is 27.5 Å². The van der Waals surface area contributed by atoms with Gasteiger partial charge < -0.3 is 4.74 Å². The number of anilines is 1. The molecule has 114 valence electrons. The normalized spacial score (nSPS) is 12.9. The number of rotatable bonds is 6. The summed E-state index contributed by atoms with van der Waals surface area (Å²) >= 11 is 0. The van der Waals surface area contributed by atoms with Crippen LogP contribution in [0.4, 0.5) is 5.69 Å². The van der Waals surface area contributed by atoms with Gasteiger partial charge in [0.05, 0.1) is 6.26 Å². The zero-order chi connectivity index (χ0) is 16.0. The number of hydrogen-bond donors (Lipinski definition) is 1. The molecule has 6 nitrogen and oxygen atoms in total. The van der Waals surface area contributed by atoms with E-state index in [1.807, 2.05) is 0 Å². The minimum absolute atomic E-state index is 0.329. The molecule has 1 atom stereocenters. The minimum atomic E-state index is -3.36. The van der Waals surface area contributed by atoms with Crippen molar-refractivity contribution in [2.24, 2.45) is 0 Å². The first kappa shape index (κ1) is 16.9. The van der Waals surface area contributed by atoms with Crippen molar-refractivity contribution < 1.29 is 22.7 Å². The van der Waals surface area contributed by atoms with Crippen LogP contribution in [0.1, 0.15) is 24.2 Å². The maximum absolute atomic E-state index is 12.0. The molecule has 0 heterocycles. The molecule has 1 aromatic rings. The Bertz CT molecular complexity index is 646. The average molecular weight is 311 g/mol. The van der Waals surface area contributed by atoms with Gasteiger partial charge >= 0.3 is 5.97 Å². The number of sulfonamides is 1. The van der Waals surface area contributed by atoms with Crippen LogP contribution in [0.5, 0.6) is 0 Å². The molecular weight excluding hydrogens is 294 g/mol. The van der Waals surface area contributed by atoms with Crippen molar-refractivity contribution in [2.45, 2.75) is 20.0 Å². The lowest BCUT2D eigenvalue weighted by molar-refractivity contribution is -0.140. The van der Waals surface area contributed by atoms with E-state index >= 15 is 0 Å². The third kappa shape index (κ3) is 5.78. The van der Waals surface area contributed by atoms with Gasteiger partial charge in [0.25, 0.3) is 0 Å². The van der Waals surface area contributed by atoms with Crippen molar-refractivity contribution in [3.8, 4) is 0 Å². The van der Waals surface area contributed by atoms with E-state index in [-0.39, 0.29) is 5.78 Å². The summed E-state index contributed by atoms with van der Waals surface area (Å²) in [6.07, 6.45) is 2.87. The molecule has 0 aliphatic carbocycles. The van der Waals surface area contributed by atoms with E-state index in [2.05, 4.69) is 4.72 Å². The van der Waals surface area contributed by atoms with E-state index in [0.717, 1.165) is 6.26 Å².